The maximum absolute atomic E-state index is 11.1. The van der Waals surface area contributed by atoms with Crippen LogP contribution in [0.5, 0.6) is 0 Å². The second kappa shape index (κ2) is 13.5. The topological polar surface area (TPSA) is 114 Å². The van der Waals surface area contributed by atoms with Crippen molar-refractivity contribution in [1.29, 1.82) is 0 Å². The molecule has 3 N–H and O–H groups in total. The summed E-state index contributed by atoms with van der Waals surface area (Å²) in [5.41, 5.74) is 5.02. The molecule has 1 unspecified atom stereocenters. The van der Waals surface area contributed by atoms with Gasteiger partial charge >= 0.3 is 0 Å². The first kappa shape index (κ1) is 31.7. The van der Waals surface area contributed by atoms with E-state index in [0.717, 1.165) is 0 Å². The lowest BCUT2D eigenvalue weighted by Gasteiger charge is -2.28. The Kier molecular flexibility index (Phi) is 21.4. The van der Waals surface area contributed by atoms with E-state index in [4.69, 9.17) is 5.73 Å². The van der Waals surface area contributed by atoms with Crippen LogP contribution >= 0.6 is 7.82 Å². The number of carbonyl (C=O) groups excluding carboxylic acids is 1. The Balaban J connectivity index is -0.000000187. The van der Waals surface area contributed by atoms with Gasteiger partial charge in [0.15, 0.2) is 6.73 Å². The zero-order chi connectivity index (χ0) is 12.8. The quantitative estimate of drug-likeness (QED) is 0.406. The SMILES string of the molecule is C.C.C.C.C[N+](C)(C)COP(=O)([O-])OCC(=O)NCN. The zero-order valence-corrected chi connectivity index (χ0v) is 10.5. The van der Waals surface area contributed by atoms with Crippen LogP contribution in [-0.2, 0) is 18.4 Å². The molecule has 1 atom stereocenters. The highest BCUT2D eigenvalue weighted by atomic mass is 31.2. The average molecular weight is 319 g/mol. The van der Waals surface area contributed by atoms with Crippen molar-refractivity contribution in [2.45, 2.75) is 29.7 Å². The van der Waals surface area contributed by atoms with E-state index in [9.17, 15) is 14.3 Å². The fourth-order valence-corrected chi connectivity index (χ4v) is 1.42. The van der Waals surface area contributed by atoms with E-state index in [1.807, 2.05) is 0 Å². The Bertz CT molecular complexity index is 282. The van der Waals surface area contributed by atoms with Crippen LogP contribution in [0.25, 0.3) is 0 Å². The van der Waals surface area contributed by atoms with Gasteiger partial charge in [-0.1, -0.05) is 29.7 Å². The van der Waals surface area contributed by atoms with E-state index in [1.54, 1.807) is 21.1 Å². The number of phosphoric acid groups is 1. The third-order valence-electron chi connectivity index (χ3n) is 1.26. The maximum atomic E-state index is 11.1. The van der Waals surface area contributed by atoms with Crippen molar-refractivity contribution in [3.8, 4) is 0 Å². The summed E-state index contributed by atoms with van der Waals surface area (Å²) in [5.74, 6) is -0.618. The number of nitrogens with two attached hydrogens (primary N) is 1. The molecule has 128 valence electrons. The molecule has 0 aromatic carbocycles. The molecule has 0 saturated carbocycles. The van der Waals surface area contributed by atoms with Crippen molar-refractivity contribution in [1.82, 2.24) is 5.32 Å². The van der Waals surface area contributed by atoms with Gasteiger partial charge in [0, 0.05) is 0 Å². The molecule has 0 bridgehead atoms. The first-order valence-corrected chi connectivity index (χ1v) is 6.00. The van der Waals surface area contributed by atoms with Gasteiger partial charge in [0.2, 0.25) is 5.91 Å². The number of amides is 1. The van der Waals surface area contributed by atoms with Gasteiger partial charge in [0.05, 0.1) is 27.8 Å². The molecule has 0 spiro atoms. The molecule has 0 aliphatic heterocycles. The van der Waals surface area contributed by atoms with Crippen LogP contribution in [0.4, 0.5) is 0 Å². The van der Waals surface area contributed by atoms with Crippen LogP contribution in [0.3, 0.4) is 0 Å². The first-order chi connectivity index (χ1) is 7.16. The minimum atomic E-state index is -4.43. The molecule has 0 aliphatic carbocycles. The second-order valence-electron chi connectivity index (χ2n) is 4.07. The predicted molar refractivity (Wildman–Crippen MR) is 81.7 cm³/mol. The molecule has 0 aromatic heterocycles. The van der Waals surface area contributed by atoms with E-state index < -0.39 is 20.3 Å². The molecule has 9 heteroatoms. The number of quaternary nitrogens is 1. The summed E-state index contributed by atoms with van der Waals surface area (Å²) in [6.07, 6.45) is 0. The van der Waals surface area contributed by atoms with Crippen LogP contribution in [0, 0.1) is 0 Å². The Morgan fingerprint density at radius 3 is 2.00 bits per heavy atom. The third-order valence-corrected chi connectivity index (χ3v) is 2.13. The first-order valence-electron chi connectivity index (χ1n) is 4.53. The maximum Gasteiger partial charge on any atom is 0.272 e. The van der Waals surface area contributed by atoms with Crippen molar-refractivity contribution in [2.75, 3.05) is 41.1 Å². The lowest BCUT2D eigenvalue weighted by molar-refractivity contribution is -0.887. The summed E-state index contributed by atoms with van der Waals surface area (Å²) in [6.45, 7) is -0.778. The molecule has 0 fully saturated rings. The summed E-state index contributed by atoms with van der Waals surface area (Å²) in [4.78, 5) is 22.0. The van der Waals surface area contributed by atoms with Crippen molar-refractivity contribution >= 4 is 13.7 Å². The Hall–Kier alpha value is -0.500. The number of carbonyl (C=O) groups is 1. The van der Waals surface area contributed by atoms with Gasteiger partial charge < -0.3 is 25.0 Å². The van der Waals surface area contributed by atoms with Crippen molar-refractivity contribution < 1.29 is 27.8 Å². The second-order valence-corrected chi connectivity index (χ2v) is 5.48. The highest BCUT2D eigenvalue weighted by Gasteiger charge is 2.16. The molecule has 0 rings (SSSR count). The highest BCUT2D eigenvalue weighted by Crippen LogP contribution is 2.38. The summed E-state index contributed by atoms with van der Waals surface area (Å²) < 4.78 is 20.3. The fourth-order valence-electron chi connectivity index (χ4n) is 0.584. The van der Waals surface area contributed by atoms with Crippen LogP contribution < -0.4 is 15.9 Å². The number of hydrogen-bond donors (Lipinski definition) is 2. The van der Waals surface area contributed by atoms with Gasteiger partial charge in [-0.15, -0.1) is 0 Å². The molecular weight excluding hydrogens is 285 g/mol. The van der Waals surface area contributed by atoms with E-state index in [0.29, 0.717) is 4.48 Å². The monoisotopic (exact) mass is 319 g/mol. The van der Waals surface area contributed by atoms with Gasteiger partial charge in [-0.3, -0.25) is 13.9 Å². The van der Waals surface area contributed by atoms with Crippen LogP contribution in [0.1, 0.15) is 29.7 Å². The minimum Gasteiger partial charge on any atom is -0.756 e. The predicted octanol–water partition coefficient (Wildman–Crippen LogP) is 0.729. The summed E-state index contributed by atoms with van der Waals surface area (Å²) in [6, 6.07) is 0. The number of nitrogens with one attached hydrogen (secondary N) is 1. The highest BCUT2D eigenvalue weighted by molar-refractivity contribution is 7.45. The standard InChI is InChI=1S/C7H18N3O5P.4CH4/c1-10(2,3)6-15-16(12,13)14-4-7(11)9-5-8;;;;/h4-6,8H2,1-3H3,(H-,9,11,12,13);4*1H4. The van der Waals surface area contributed by atoms with Crippen molar-refractivity contribution in [3.05, 3.63) is 0 Å². The molecule has 0 radical (unpaired) electrons. The number of phosphoric ester groups is 1. The Morgan fingerprint density at radius 1 is 1.20 bits per heavy atom. The smallest absolute Gasteiger partial charge is 0.272 e. The van der Waals surface area contributed by atoms with E-state index in [2.05, 4.69) is 14.4 Å². The molecule has 8 nitrogen and oxygen atoms in total. The normalized spacial score (nSPS) is 12.4. The van der Waals surface area contributed by atoms with Gasteiger partial charge in [-0.05, 0) is 0 Å². The lowest BCUT2D eigenvalue weighted by atomic mass is 10.7. The zero-order valence-electron chi connectivity index (χ0n) is 9.63. The largest absolute Gasteiger partial charge is 0.756 e. The molecule has 0 aliphatic rings. The van der Waals surface area contributed by atoms with Crippen molar-refractivity contribution in [2.24, 2.45) is 5.73 Å². The molecule has 1 amide bonds. The van der Waals surface area contributed by atoms with Crippen LogP contribution in [-0.4, -0.2) is 51.5 Å². The van der Waals surface area contributed by atoms with E-state index in [1.165, 1.54) is 0 Å². The van der Waals surface area contributed by atoms with Gasteiger partial charge in [-0.25, -0.2) is 0 Å². The van der Waals surface area contributed by atoms with Gasteiger partial charge in [-0.2, -0.15) is 0 Å². The van der Waals surface area contributed by atoms with Gasteiger partial charge in [0.1, 0.15) is 6.61 Å². The molecule has 20 heavy (non-hydrogen) atoms. The molecular formula is C11H34N3O5P. The van der Waals surface area contributed by atoms with E-state index in [-0.39, 0.29) is 43.1 Å². The molecule has 0 saturated heterocycles. The average Bonchev–Trinajstić information content (AvgIpc) is 2.12. The lowest BCUT2D eigenvalue weighted by Crippen LogP contribution is -2.37. The molecule has 0 heterocycles. The minimum absolute atomic E-state index is 0. The summed E-state index contributed by atoms with van der Waals surface area (Å²) in [7, 11) is 0.820. The van der Waals surface area contributed by atoms with Crippen LogP contribution in [0.2, 0.25) is 0 Å². The Morgan fingerprint density at radius 2 is 1.65 bits per heavy atom. The molecule has 0 aromatic rings. The fraction of sp³-hybridized carbons (Fsp3) is 0.909. The van der Waals surface area contributed by atoms with E-state index >= 15 is 0 Å². The number of nitrogens with zero attached hydrogens (tertiary/aromatic N) is 1. The Labute approximate surface area is 124 Å². The number of hydrogen-bond acceptors (Lipinski definition) is 6. The summed E-state index contributed by atoms with van der Waals surface area (Å²) >= 11 is 0. The number of rotatable bonds is 7. The van der Waals surface area contributed by atoms with Crippen molar-refractivity contribution in [3.63, 3.8) is 0 Å². The van der Waals surface area contributed by atoms with Crippen LogP contribution in [0.15, 0.2) is 0 Å². The summed E-state index contributed by atoms with van der Waals surface area (Å²) in [5, 5.41) is 2.18. The van der Waals surface area contributed by atoms with Gasteiger partial charge in [0.25, 0.3) is 7.82 Å². The third kappa shape index (κ3) is 19.8.